The second-order valence-electron chi connectivity index (χ2n) is 5.30. The van der Waals surface area contributed by atoms with Crippen molar-refractivity contribution in [2.45, 2.75) is 44.3 Å². The quantitative estimate of drug-likeness (QED) is 0.343. The van der Waals surface area contributed by atoms with Crippen LogP contribution in [0, 0.1) is 5.92 Å². The van der Waals surface area contributed by atoms with E-state index in [1.807, 2.05) is 11.8 Å². The number of alkyl halides is 1. The van der Waals surface area contributed by atoms with Crippen molar-refractivity contribution in [1.82, 2.24) is 0 Å². The van der Waals surface area contributed by atoms with Gasteiger partial charge in [-0.15, -0.1) is 11.8 Å². The molecule has 0 N–H and O–H groups in total. The monoisotopic (exact) mass is 420 g/mol. The molecule has 20 heavy (non-hydrogen) atoms. The largest absolute Gasteiger partial charge is 0.119 e. The van der Waals surface area contributed by atoms with Crippen LogP contribution in [-0.2, 0) is 0 Å². The van der Waals surface area contributed by atoms with Crippen LogP contribution >= 0.6 is 46.0 Å². The lowest BCUT2D eigenvalue weighted by molar-refractivity contribution is 0.632. The maximum absolute atomic E-state index is 6.43. The van der Waals surface area contributed by atoms with Crippen molar-refractivity contribution in [1.29, 1.82) is 0 Å². The first-order chi connectivity index (χ1) is 9.72. The van der Waals surface area contributed by atoms with Crippen molar-refractivity contribution in [3.8, 4) is 0 Å². The van der Waals surface area contributed by atoms with Gasteiger partial charge in [-0.3, -0.25) is 0 Å². The van der Waals surface area contributed by atoms with Crippen LogP contribution in [0.3, 0.4) is 0 Å². The SMILES string of the molecule is CCC1C=C(SC2C=C(Cl)C(CCCI)=CC2)C=CC1. The minimum absolute atomic E-state index is 0.498. The first kappa shape index (κ1) is 16.7. The number of rotatable bonds is 6. The summed E-state index contributed by atoms with van der Waals surface area (Å²) in [5, 5.41) is 1.48. The minimum Gasteiger partial charge on any atom is -0.119 e. The van der Waals surface area contributed by atoms with Crippen molar-refractivity contribution in [2.75, 3.05) is 4.43 Å². The van der Waals surface area contributed by atoms with Gasteiger partial charge in [-0.2, -0.15) is 0 Å². The topological polar surface area (TPSA) is 0 Å². The van der Waals surface area contributed by atoms with E-state index in [1.165, 1.54) is 34.2 Å². The lowest BCUT2D eigenvalue weighted by atomic mass is 9.98. The van der Waals surface area contributed by atoms with E-state index in [0.29, 0.717) is 5.25 Å². The molecule has 110 valence electrons. The van der Waals surface area contributed by atoms with Gasteiger partial charge in [0.05, 0.1) is 0 Å². The van der Waals surface area contributed by atoms with Crippen LogP contribution in [-0.4, -0.2) is 9.68 Å². The molecule has 0 fully saturated rings. The van der Waals surface area contributed by atoms with Crippen LogP contribution in [0.2, 0.25) is 0 Å². The number of thioether (sulfide) groups is 1. The van der Waals surface area contributed by atoms with Crippen LogP contribution in [0.1, 0.15) is 39.0 Å². The summed E-state index contributed by atoms with van der Waals surface area (Å²) in [7, 11) is 0. The van der Waals surface area contributed by atoms with E-state index in [2.05, 4.69) is 59.9 Å². The number of hydrogen-bond acceptors (Lipinski definition) is 1. The molecule has 2 aliphatic carbocycles. The molecule has 0 amide bonds. The smallest absolute Gasteiger partial charge is 0.0406 e. The summed E-state index contributed by atoms with van der Waals surface area (Å²) in [5.74, 6) is 0.722. The first-order valence-electron chi connectivity index (χ1n) is 7.40. The summed E-state index contributed by atoms with van der Waals surface area (Å²) in [6.07, 6.45) is 17.5. The average molecular weight is 421 g/mol. The van der Waals surface area contributed by atoms with Gasteiger partial charge in [-0.25, -0.2) is 0 Å². The highest BCUT2D eigenvalue weighted by Crippen LogP contribution is 2.36. The van der Waals surface area contributed by atoms with Crippen LogP contribution in [0.25, 0.3) is 0 Å². The van der Waals surface area contributed by atoms with Gasteiger partial charge in [0.15, 0.2) is 0 Å². The van der Waals surface area contributed by atoms with E-state index in [-0.39, 0.29) is 0 Å². The molecule has 0 aromatic rings. The Balaban J connectivity index is 1.92. The molecular weight excluding hydrogens is 399 g/mol. The minimum atomic E-state index is 0.498. The molecule has 2 rings (SSSR count). The number of halogens is 2. The Kier molecular flexibility index (Phi) is 7.26. The fourth-order valence-corrected chi connectivity index (χ4v) is 4.48. The second-order valence-corrected chi connectivity index (χ2v) is 8.10. The van der Waals surface area contributed by atoms with Crippen molar-refractivity contribution >= 4 is 46.0 Å². The van der Waals surface area contributed by atoms with Crippen LogP contribution in [0.4, 0.5) is 0 Å². The summed E-state index contributed by atoms with van der Waals surface area (Å²) in [5.41, 5.74) is 1.35. The van der Waals surface area contributed by atoms with E-state index >= 15 is 0 Å². The Hall–Kier alpha value is 0.330. The Bertz CT molecular complexity index is 448. The average Bonchev–Trinajstić information content (AvgIpc) is 2.47. The summed E-state index contributed by atoms with van der Waals surface area (Å²) < 4.78 is 1.20. The van der Waals surface area contributed by atoms with Gasteiger partial charge < -0.3 is 0 Å². The zero-order valence-electron chi connectivity index (χ0n) is 11.9. The van der Waals surface area contributed by atoms with E-state index < -0.39 is 0 Å². The molecule has 2 atom stereocenters. The normalized spacial score (nSPS) is 26.1. The molecule has 3 heteroatoms. The van der Waals surface area contributed by atoms with Crippen molar-refractivity contribution < 1.29 is 0 Å². The van der Waals surface area contributed by atoms with Crippen LogP contribution < -0.4 is 0 Å². The fraction of sp³-hybridized carbons (Fsp3) is 0.529. The molecule has 0 spiro atoms. The fourth-order valence-electron chi connectivity index (χ4n) is 2.51. The highest BCUT2D eigenvalue weighted by atomic mass is 127. The third-order valence-electron chi connectivity index (χ3n) is 3.75. The summed E-state index contributed by atoms with van der Waals surface area (Å²) in [4.78, 5) is 1.41. The Morgan fingerprint density at radius 2 is 2.20 bits per heavy atom. The summed E-state index contributed by atoms with van der Waals surface area (Å²) in [6, 6.07) is 0. The maximum atomic E-state index is 6.43. The lowest BCUT2D eigenvalue weighted by Gasteiger charge is -2.21. The van der Waals surface area contributed by atoms with Crippen molar-refractivity contribution in [3.63, 3.8) is 0 Å². The molecule has 2 unspecified atom stereocenters. The van der Waals surface area contributed by atoms with E-state index in [4.69, 9.17) is 11.6 Å². The van der Waals surface area contributed by atoms with Gasteiger partial charge in [0.2, 0.25) is 0 Å². The summed E-state index contributed by atoms with van der Waals surface area (Å²) >= 11 is 10.8. The van der Waals surface area contributed by atoms with Gasteiger partial charge >= 0.3 is 0 Å². The maximum Gasteiger partial charge on any atom is 0.0406 e. The predicted molar refractivity (Wildman–Crippen MR) is 102 cm³/mol. The first-order valence-corrected chi connectivity index (χ1v) is 10.2. The highest BCUT2D eigenvalue weighted by Gasteiger charge is 2.17. The summed E-state index contributed by atoms with van der Waals surface area (Å²) in [6.45, 7) is 2.27. The Labute approximate surface area is 145 Å². The standard InChI is InChI=1S/C17H22ClIS/c1-2-13-5-3-7-15(11-13)20-16-9-8-14(6-4-10-19)17(18)12-16/h3,7-8,11-13,16H,2,4-6,9-10H2,1H3. The zero-order valence-corrected chi connectivity index (χ0v) is 15.7. The van der Waals surface area contributed by atoms with Gasteiger partial charge in [0.1, 0.15) is 0 Å². The van der Waals surface area contributed by atoms with Gasteiger partial charge in [0.25, 0.3) is 0 Å². The number of hydrogen-bond donors (Lipinski definition) is 0. The molecular formula is C17H22ClIS. The molecule has 0 saturated heterocycles. The van der Waals surface area contributed by atoms with E-state index in [9.17, 15) is 0 Å². The van der Waals surface area contributed by atoms with Crippen molar-refractivity contribution in [3.05, 3.63) is 45.9 Å². The molecule has 0 radical (unpaired) electrons. The van der Waals surface area contributed by atoms with Gasteiger partial charge in [-0.1, -0.05) is 71.5 Å². The second kappa shape index (κ2) is 8.70. The predicted octanol–water partition coefficient (Wildman–Crippen LogP) is 6.63. The molecule has 0 aromatic carbocycles. The van der Waals surface area contributed by atoms with Crippen molar-refractivity contribution in [2.24, 2.45) is 5.92 Å². The van der Waals surface area contributed by atoms with Crippen LogP contribution in [0.5, 0.6) is 0 Å². The molecule has 0 saturated carbocycles. The molecule has 0 aliphatic heterocycles. The van der Waals surface area contributed by atoms with Crippen LogP contribution in [0.15, 0.2) is 45.9 Å². The number of allylic oxidation sites excluding steroid dienone is 6. The molecule has 0 aromatic heterocycles. The Morgan fingerprint density at radius 3 is 2.90 bits per heavy atom. The third kappa shape index (κ3) is 4.96. The lowest BCUT2D eigenvalue weighted by Crippen LogP contribution is -2.06. The van der Waals surface area contributed by atoms with E-state index in [0.717, 1.165) is 23.8 Å². The Morgan fingerprint density at radius 1 is 1.35 bits per heavy atom. The molecule has 0 bridgehead atoms. The third-order valence-corrected chi connectivity index (χ3v) is 6.06. The molecule has 2 aliphatic rings. The zero-order chi connectivity index (χ0) is 14.4. The van der Waals surface area contributed by atoms with Gasteiger partial charge in [0, 0.05) is 15.2 Å². The van der Waals surface area contributed by atoms with Gasteiger partial charge in [-0.05, 0) is 48.0 Å². The highest BCUT2D eigenvalue weighted by molar-refractivity contribution is 14.1. The molecule has 0 heterocycles. The van der Waals surface area contributed by atoms with E-state index in [1.54, 1.807) is 0 Å². The molecule has 0 nitrogen and oxygen atoms in total.